The number of carbonyl (C=O) groups excluding carboxylic acids is 1. The normalized spacial score (nSPS) is 19.3. The predicted molar refractivity (Wildman–Crippen MR) is 110 cm³/mol. The van der Waals surface area contributed by atoms with E-state index >= 15 is 0 Å². The van der Waals surface area contributed by atoms with Crippen LogP contribution in [0.1, 0.15) is 25.7 Å². The first-order valence-corrected chi connectivity index (χ1v) is 9.95. The Kier molecular flexibility index (Phi) is 5.36. The summed E-state index contributed by atoms with van der Waals surface area (Å²) in [5.74, 6) is -0.244. The molecule has 0 radical (unpaired) electrons. The van der Waals surface area contributed by atoms with Gasteiger partial charge in [0.2, 0.25) is 5.91 Å². The van der Waals surface area contributed by atoms with E-state index in [0.29, 0.717) is 22.1 Å². The summed E-state index contributed by atoms with van der Waals surface area (Å²) < 4.78 is 14.5. The van der Waals surface area contributed by atoms with Gasteiger partial charge in [0.05, 0.1) is 17.1 Å². The molecular weight excluding hydrogens is 395 g/mol. The van der Waals surface area contributed by atoms with Crippen molar-refractivity contribution in [1.29, 1.82) is 0 Å². The number of H-pyrrole nitrogens is 1. The third-order valence-electron chi connectivity index (χ3n) is 5.33. The van der Waals surface area contributed by atoms with Crippen LogP contribution in [-0.2, 0) is 4.79 Å². The molecule has 3 aromatic rings. The summed E-state index contributed by atoms with van der Waals surface area (Å²) in [5, 5.41) is 4.42. The Balaban J connectivity index is 1.66. The molecule has 3 aromatic heterocycles. The lowest BCUT2D eigenvalue weighted by Gasteiger charge is -2.33. The number of rotatable bonds is 4. The Morgan fingerprint density at radius 3 is 2.86 bits per heavy atom. The van der Waals surface area contributed by atoms with Crippen LogP contribution in [0.2, 0.25) is 5.02 Å². The molecule has 4 rings (SSSR count). The zero-order valence-electron chi connectivity index (χ0n) is 16.2. The van der Waals surface area contributed by atoms with Gasteiger partial charge >= 0.3 is 0 Å². The number of pyridine rings is 1. The third-order valence-corrected chi connectivity index (χ3v) is 5.54. The van der Waals surface area contributed by atoms with Crippen molar-refractivity contribution >= 4 is 34.4 Å². The number of halogens is 2. The average Bonchev–Trinajstić information content (AvgIpc) is 3.12. The molecule has 0 saturated heterocycles. The molecule has 0 bridgehead atoms. The van der Waals surface area contributed by atoms with Gasteiger partial charge in [-0.05, 0) is 18.9 Å². The van der Waals surface area contributed by atoms with Crippen LogP contribution in [0.25, 0.3) is 22.4 Å². The van der Waals surface area contributed by atoms with Gasteiger partial charge in [-0.1, -0.05) is 24.4 Å². The van der Waals surface area contributed by atoms with Crippen LogP contribution < -0.4 is 5.32 Å². The van der Waals surface area contributed by atoms with Gasteiger partial charge in [0, 0.05) is 43.5 Å². The standard InChI is InChI=1S/C20H22ClFN6O/c1-28(2)20(29)12-5-3-4-6-16(12)26-19-15(22)10-25-18(27-19)14-9-24-17-13(14)7-11(21)8-23-17/h7-10,12,16H,3-6H2,1-2H3,(H,23,24)(H,25,26,27). The molecule has 0 aliphatic heterocycles. The number of aromatic amines is 1. The molecule has 9 heteroatoms. The van der Waals surface area contributed by atoms with Crippen LogP contribution in [-0.4, -0.2) is 50.9 Å². The SMILES string of the molecule is CN(C)C(=O)C1CCCCC1Nc1nc(-c2c[nH]c3ncc(Cl)cc23)ncc1F. The monoisotopic (exact) mass is 416 g/mol. The highest BCUT2D eigenvalue weighted by atomic mass is 35.5. The van der Waals surface area contributed by atoms with Gasteiger partial charge < -0.3 is 15.2 Å². The zero-order chi connectivity index (χ0) is 20.5. The number of fused-ring (bicyclic) bond motifs is 1. The lowest BCUT2D eigenvalue weighted by Crippen LogP contribution is -2.42. The van der Waals surface area contributed by atoms with Gasteiger partial charge in [-0.25, -0.2) is 19.3 Å². The summed E-state index contributed by atoms with van der Waals surface area (Å²) >= 11 is 6.07. The first-order valence-electron chi connectivity index (χ1n) is 9.57. The highest BCUT2D eigenvalue weighted by Gasteiger charge is 2.32. The van der Waals surface area contributed by atoms with Crippen LogP contribution in [0.15, 0.2) is 24.7 Å². The summed E-state index contributed by atoms with van der Waals surface area (Å²) in [7, 11) is 3.49. The van der Waals surface area contributed by atoms with Crippen LogP contribution in [0.4, 0.5) is 10.2 Å². The van der Waals surface area contributed by atoms with E-state index in [1.54, 1.807) is 37.5 Å². The van der Waals surface area contributed by atoms with Crippen molar-refractivity contribution in [3.8, 4) is 11.4 Å². The second-order valence-electron chi connectivity index (χ2n) is 7.52. The second-order valence-corrected chi connectivity index (χ2v) is 7.95. The lowest BCUT2D eigenvalue weighted by molar-refractivity contribution is -0.134. The third kappa shape index (κ3) is 3.89. The maximum atomic E-state index is 14.5. The molecule has 1 amide bonds. The van der Waals surface area contributed by atoms with Crippen molar-refractivity contribution < 1.29 is 9.18 Å². The molecule has 1 aliphatic rings. The van der Waals surface area contributed by atoms with Gasteiger partial charge in [0.25, 0.3) is 0 Å². The molecule has 1 aliphatic carbocycles. The molecule has 2 atom stereocenters. The minimum atomic E-state index is -0.550. The Hall–Kier alpha value is -2.74. The molecule has 152 valence electrons. The fraction of sp³-hybridized carbons (Fsp3) is 0.400. The van der Waals surface area contributed by atoms with Crippen molar-refractivity contribution in [2.24, 2.45) is 5.92 Å². The molecule has 0 spiro atoms. The van der Waals surface area contributed by atoms with E-state index in [2.05, 4.69) is 25.3 Å². The summed E-state index contributed by atoms with van der Waals surface area (Å²) in [5.41, 5.74) is 1.33. The molecule has 7 nitrogen and oxygen atoms in total. The second kappa shape index (κ2) is 7.94. The number of nitrogens with zero attached hydrogens (tertiary/aromatic N) is 4. The predicted octanol–water partition coefficient (Wildman–Crippen LogP) is 3.87. The number of hydrogen-bond acceptors (Lipinski definition) is 5. The molecule has 1 fully saturated rings. The minimum absolute atomic E-state index is 0.0502. The summed E-state index contributed by atoms with van der Waals surface area (Å²) in [6.07, 6.45) is 7.96. The van der Waals surface area contributed by atoms with E-state index in [4.69, 9.17) is 11.6 Å². The van der Waals surface area contributed by atoms with Crippen LogP contribution in [0.5, 0.6) is 0 Å². The Morgan fingerprint density at radius 1 is 1.28 bits per heavy atom. The fourth-order valence-electron chi connectivity index (χ4n) is 3.87. The topological polar surface area (TPSA) is 86.8 Å². The summed E-state index contributed by atoms with van der Waals surface area (Å²) in [6, 6.07) is 1.60. The van der Waals surface area contributed by atoms with Crippen LogP contribution in [0, 0.1) is 11.7 Å². The number of hydrogen-bond donors (Lipinski definition) is 2. The Morgan fingerprint density at radius 2 is 2.07 bits per heavy atom. The molecule has 0 aromatic carbocycles. The van der Waals surface area contributed by atoms with Gasteiger partial charge in [-0.15, -0.1) is 0 Å². The molecular formula is C20H22ClFN6O. The van der Waals surface area contributed by atoms with Crippen molar-refractivity contribution in [3.63, 3.8) is 0 Å². The average molecular weight is 417 g/mol. The summed E-state index contributed by atoms with van der Waals surface area (Å²) in [6.45, 7) is 0. The molecule has 3 heterocycles. The summed E-state index contributed by atoms with van der Waals surface area (Å²) in [4.78, 5) is 30.0. The zero-order valence-corrected chi connectivity index (χ0v) is 17.0. The molecule has 29 heavy (non-hydrogen) atoms. The quantitative estimate of drug-likeness (QED) is 0.674. The van der Waals surface area contributed by atoms with Crippen molar-refractivity contribution in [1.82, 2.24) is 24.8 Å². The van der Waals surface area contributed by atoms with E-state index < -0.39 is 5.82 Å². The minimum Gasteiger partial charge on any atom is -0.364 e. The number of nitrogens with one attached hydrogen (secondary N) is 2. The van der Waals surface area contributed by atoms with Gasteiger partial charge in [0.15, 0.2) is 17.5 Å². The maximum absolute atomic E-state index is 14.5. The molecule has 2 N–H and O–H groups in total. The Labute approximate surface area is 172 Å². The van der Waals surface area contributed by atoms with Crippen LogP contribution >= 0.6 is 11.6 Å². The first kappa shape index (κ1) is 19.6. The lowest BCUT2D eigenvalue weighted by atomic mass is 9.83. The Bertz CT molecular complexity index is 1050. The van der Waals surface area contributed by atoms with E-state index in [1.807, 2.05) is 0 Å². The van der Waals surface area contributed by atoms with Gasteiger partial charge in [-0.3, -0.25) is 4.79 Å². The number of aromatic nitrogens is 4. The maximum Gasteiger partial charge on any atom is 0.227 e. The number of amides is 1. The molecule has 1 saturated carbocycles. The smallest absolute Gasteiger partial charge is 0.227 e. The van der Waals surface area contributed by atoms with Crippen molar-refractivity contribution in [3.05, 3.63) is 35.5 Å². The molecule has 2 unspecified atom stereocenters. The highest BCUT2D eigenvalue weighted by Crippen LogP contribution is 2.31. The van der Waals surface area contributed by atoms with E-state index in [1.165, 1.54) is 0 Å². The van der Waals surface area contributed by atoms with E-state index in [-0.39, 0.29) is 23.7 Å². The van der Waals surface area contributed by atoms with Crippen molar-refractivity contribution in [2.45, 2.75) is 31.7 Å². The largest absolute Gasteiger partial charge is 0.364 e. The van der Waals surface area contributed by atoms with Gasteiger partial charge in [0.1, 0.15) is 5.65 Å². The number of anilines is 1. The van der Waals surface area contributed by atoms with E-state index in [0.717, 1.165) is 37.3 Å². The first-order chi connectivity index (χ1) is 13.9. The highest BCUT2D eigenvalue weighted by molar-refractivity contribution is 6.31. The number of carbonyl (C=O) groups is 1. The van der Waals surface area contributed by atoms with Crippen LogP contribution in [0.3, 0.4) is 0 Å². The fourth-order valence-corrected chi connectivity index (χ4v) is 4.03. The van der Waals surface area contributed by atoms with Crippen molar-refractivity contribution in [2.75, 3.05) is 19.4 Å². The van der Waals surface area contributed by atoms with E-state index in [9.17, 15) is 9.18 Å². The van der Waals surface area contributed by atoms with Gasteiger partial charge in [-0.2, -0.15) is 0 Å².